The summed E-state index contributed by atoms with van der Waals surface area (Å²) >= 11 is 0. The molecule has 3 N–H and O–H groups in total. The van der Waals surface area contributed by atoms with Crippen molar-refractivity contribution in [2.45, 2.75) is 24.6 Å². The van der Waals surface area contributed by atoms with E-state index in [1.165, 1.54) is 25.3 Å². The summed E-state index contributed by atoms with van der Waals surface area (Å²) < 4.78 is 23.7. The number of nitrogens with two attached hydrogens (primary N) is 1. The van der Waals surface area contributed by atoms with E-state index in [2.05, 4.69) is 5.32 Å². The molecule has 1 aromatic carbocycles. The highest BCUT2D eigenvalue weighted by Gasteiger charge is 2.52. The van der Waals surface area contributed by atoms with E-state index in [0.717, 1.165) is 6.42 Å². The Hall–Kier alpha value is -1.66. The Balaban J connectivity index is 1.70. The normalized spacial score (nSPS) is 31.4. The van der Waals surface area contributed by atoms with Crippen molar-refractivity contribution in [2.75, 3.05) is 13.7 Å². The Bertz CT molecular complexity index is 537. The van der Waals surface area contributed by atoms with Crippen LogP contribution < -0.4 is 15.8 Å². The molecule has 4 atom stereocenters. The Kier molecular flexibility index (Phi) is 3.35. The van der Waals surface area contributed by atoms with E-state index in [4.69, 9.17) is 15.2 Å². The molecule has 2 aliphatic rings. The van der Waals surface area contributed by atoms with Gasteiger partial charge in [0.25, 0.3) is 5.91 Å². The quantitative estimate of drug-likeness (QED) is 0.854. The molecule has 0 bridgehead atoms. The van der Waals surface area contributed by atoms with Gasteiger partial charge in [0.1, 0.15) is 0 Å². The fraction of sp³-hybridized carbons (Fsp3) is 0.500. The molecule has 1 aliphatic heterocycles. The van der Waals surface area contributed by atoms with Crippen LogP contribution in [0.3, 0.4) is 0 Å². The van der Waals surface area contributed by atoms with Crippen LogP contribution in [0.1, 0.15) is 16.8 Å². The molecule has 4 unspecified atom stereocenters. The zero-order valence-corrected chi connectivity index (χ0v) is 11.1. The fourth-order valence-electron chi connectivity index (χ4n) is 2.96. The van der Waals surface area contributed by atoms with E-state index in [1.807, 2.05) is 0 Å². The predicted octanol–water partition coefficient (Wildman–Crippen LogP) is 0.679. The summed E-state index contributed by atoms with van der Waals surface area (Å²) in [5, 5.41) is 2.86. The van der Waals surface area contributed by atoms with Crippen molar-refractivity contribution in [1.82, 2.24) is 5.32 Å². The van der Waals surface area contributed by atoms with Crippen molar-refractivity contribution in [3.63, 3.8) is 0 Å². The number of amides is 1. The molecule has 3 rings (SSSR count). The zero-order chi connectivity index (χ0) is 14.3. The zero-order valence-electron chi connectivity index (χ0n) is 11.1. The van der Waals surface area contributed by atoms with Crippen LogP contribution in [0.4, 0.5) is 4.39 Å². The second kappa shape index (κ2) is 5.03. The molecule has 2 fully saturated rings. The van der Waals surface area contributed by atoms with Crippen LogP contribution in [-0.2, 0) is 4.74 Å². The van der Waals surface area contributed by atoms with Gasteiger partial charge in [0.2, 0.25) is 0 Å². The summed E-state index contributed by atoms with van der Waals surface area (Å²) in [5.41, 5.74) is 6.38. The summed E-state index contributed by atoms with van der Waals surface area (Å²) in [5.74, 6) is -0.408. The van der Waals surface area contributed by atoms with Crippen LogP contribution in [0, 0.1) is 11.7 Å². The molecule has 1 amide bonds. The van der Waals surface area contributed by atoms with Gasteiger partial charge in [-0.3, -0.25) is 4.79 Å². The average Bonchev–Trinajstić information content (AvgIpc) is 2.89. The number of fused-ring (bicyclic) bond motifs is 1. The van der Waals surface area contributed by atoms with E-state index in [-0.39, 0.29) is 29.8 Å². The molecule has 1 saturated heterocycles. The number of nitrogens with one attached hydrogen (secondary N) is 1. The molecule has 0 radical (unpaired) electrons. The number of ether oxygens (including phenoxy) is 2. The van der Waals surface area contributed by atoms with Crippen LogP contribution >= 0.6 is 0 Å². The number of methoxy groups -OCH3 is 1. The number of benzene rings is 1. The first-order valence-electron chi connectivity index (χ1n) is 6.63. The summed E-state index contributed by atoms with van der Waals surface area (Å²) in [7, 11) is 1.36. The topological polar surface area (TPSA) is 73.6 Å². The van der Waals surface area contributed by atoms with Gasteiger partial charge in [0.05, 0.1) is 19.3 Å². The third kappa shape index (κ3) is 2.05. The van der Waals surface area contributed by atoms with Crippen molar-refractivity contribution in [2.24, 2.45) is 11.7 Å². The van der Waals surface area contributed by atoms with Crippen LogP contribution in [0.5, 0.6) is 5.75 Å². The lowest BCUT2D eigenvalue weighted by molar-refractivity contribution is -0.0161. The molecular formula is C14H17FN2O3. The largest absolute Gasteiger partial charge is 0.494 e. The molecule has 6 heteroatoms. The molecule has 1 aliphatic carbocycles. The fourth-order valence-corrected chi connectivity index (χ4v) is 2.96. The van der Waals surface area contributed by atoms with E-state index in [1.54, 1.807) is 0 Å². The minimum atomic E-state index is -0.497. The van der Waals surface area contributed by atoms with Crippen LogP contribution in [0.15, 0.2) is 18.2 Å². The van der Waals surface area contributed by atoms with E-state index in [0.29, 0.717) is 18.1 Å². The maximum Gasteiger partial charge on any atom is 0.251 e. The summed E-state index contributed by atoms with van der Waals surface area (Å²) in [4.78, 5) is 12.2. The van der Waals surface area contributed by atoms with Gasteiger partial charge in [0, 0.05) is 24.1 Å². The Labute approximate surface area is 116 Å². The van der Waals surface area contributed by atoms with Gasteiger partial charge in [-0.05, 0) is 24.6 Å². The lowest BCUT2D eigenvalue weighted by Crippen LogP contribution is -2.68. The van der Waals surface area contributed by atoms with Crippen molar-refractivity contribution in [3.05, 3.63) is 29.6 Å². The number of rotatable bonds is 3. The minimum Gasteiger partial charge on any atom is -0.494 e. The Morgan fingerprint density at radius 1 is 1.55 bits per heavy atom. The van der Waals surface area contributed by atoms with Gasteiger partial charge >= 0.3 is 0 Å². The molecule has 0 spiro atoms. The Morgan fingerprint density at radius 3 is 3.10 bits per heavy atom. The number of hydrogen-bond donors (Lipinski definition) is 2. The highest BCUT2D eigenvalue weighted by molar-refractivity contribution is 5.95. The van der Waals surface area contributed by atoms with Crippen molar-refractivity contribution in [1.29, 1.82) is 0 Å². The lowest BCUT2D eigenvalue weighted by atomic mass is 9.72. The first-order chi connectivity index (χ1) is 9.61. The molecule has 1 heterocycles. The van der Waals surface area contributed by atoms with Crippen molar-refractivity contribution >= 4 is 5.91 Å². The van der Waals surface area contributed by atoms with E-state index in [9.17, 15) is 9.18 Å². The number of carbonyl (C=O) groups is 1. The van der Waals surface area contributed by atoms with Gasteiger partial charge in [-0.25, -0.2) is 4.39 Å². The Morgan fingerprint density at radius 2 is 2.35 bits per heavy atom. The van der Waals surface area contributed by atoms with Gasteiger partial charge in [-0.15, -0.1) is 0 Å². The monoisotopic (exact) mass is 280 g/mol. The third-order valence-electron chi connectivity index (χ3n) is 4.16. The van der Waals surface area contributed by atoms with Gasteiger partial charge in [-0.1, -0.05) is 0 Å². The van der Waals surface area contributed by atoms with Crippen LogP contribution in [0.25, 0.3) is 0 Å². The summed E-state index contributed by atoms with van der Waals surface area (Å²) in [6.07, 6.45) is 0.957. The highest BCUT2D eigenvalue weighted by atomic mass is 19.1. The molecule has 5 nitrogen and oxygen atoms in total. The molecule has 1 aromatic rings. The van der Waals surface area contributed by atoms with Crippen molar-refractivity contribution < 1.29 is 18.7 Å². The van der Waals surface area contributed by atoms with Gasteiger partial charge in [0.15, 0.2) is 11.6 Å². The molecule has 1 saturated carbocycles. The summed E-state index contributed by atoms with van der Waals surface area (Å²) in [6, 6.07) is 3.76. The van der Waals surface area contributed by atoms with Gasteiger partial charge < -0.3 is 20.5 Å². The molecule has 0 aromatic heterocycles. The first-order valence-corrected chi connectivity index (χ1v) is 6.63. The maximum absolute atomic E-state index is 13.3. The average molecular weight is 280 g/mol. The lowest BCUT2D eigenvalue weighted by Gasteiger charge is -2.45. The van der Waals surface area contributed by atoms with Crippen molar-refractivity contribution in [3.8, 4) is 5.75 Å². The number of hydrogen-bond acceptors (Lipinski definition) is 4. The second-order valence-corrected chi connectivity index (χ2v) is 5.21. The highest BCUT2D eigenvalue weighted by Crippen LogP contribution is 2.37. The number of halogens is 1. The smallest absolute Gasteiger partial charge is 0.251 e. The minimum absolute atomic E-state index is 0.0105. The summed E-state index contributed by atoms with van der Waals surface area (Å²) in [6.45, 7) is 0.694. The van der Waals surface area contributed by atoms with E-state index < -0.39 is 5.82 Å². The molecule has 20 heavy (non-hydrogen) atoms. The van der Waals surface area contributed by atoms with Crippen LogP contribution in [0.2, 0.25) is 0 Å². The number of carbonyl (C=O) groups excluding carboxylic acids is 1. The van der Waals surface area contributed by atoms with Gasteiger partial charge in [-0.2, -0.15) is 0 Å². The third-order valence-corrected chi connectivity index (χ3v) is 4.16. The molecular weight excluding hydrogens is 263 g/mol. The standard InChI is InChI=1S/C14H17FN2O3/c1-19-10-6-7(2-3-9(10)15)14(18)17-12-11(16)8-4-5-20-13(8)12/h2-3,6,8,11-13H,4-5,16H2,1H3,(H,17,18). The first kappa shape index (κ1) is 13.3. The predicted molar refractivity (Wildman–Crippen MR) is 70.0 cm³/mol. The molecule has 108 valence electrons. The SMILES string of the molecule is COc1cc(C(=O)NC2C(N)C3CCOC32)ccc1F. The maximum atomic E-state index is 13.3. The second-order valence-electron chi connectivity index (χ2n) is 5.21. The van der Waals surface area contributed by atoms with Crippen LogP contribution in [-0.4, -0.2) is 37.8 Å². The van der Waals surface area contributed by atoms with E-state index >= 15 is 0 Å².